The van der Waals surface area contributed by atoms with Crippen molar-refractivity contribution in [3.63, 3.8) is 0 Å². The minimum Gasteiger partial charge on any atom is -0.383 e. The second-order valence-electron chi connectivity index (χ2n) is 7.40. The number of piperazine rings is 1. The fourth-order valence-corrected chi connectivity index (χ4v) is 4.36. The molecule has 29 heavy (non-hydrogen) atoms. The molecule has 1 unspecified atom stereocenters. The van der Waals surface area contributed by atoms with E-state index >= 15 is 0 Å². The molecule has 1 aromatic carbocycles. The van der Waals surface area contributed by atoms with Crippen LogP contribution >= 0.6 is 11.3 Å². The molecule has 0 bridgehead atoms. The van der Waals surface area contributed by atoms with E-state index in [0.29, 0.717) is 18.9 Å². The van der Waals surface area contributed by atoms with Gasteiger partial charge in [-0.15, -0.1) is 11.3 Å². The highest BCUT2D eigenvalue weighted by molar-refractivity contribution is 7.10. The van der Waals surface area contributed by atoms with Gasteiger partial charge in [0, 0.05) is 36.4 Å². The van der Waals surface area contributed by atoms with E-state index in [4.69, 9.17) is 5.73 Å². The number of hydrogen-bond acceptors (Lipinski definition) is 7. The van der Waals surface area contributed by atoms with Crippen molar-refractivity contribution in [3.8, 4) is 0 Å². The Hall–Kier alpha value is -2.55. The fourth-order valence-electron chi connectivity index (χ4n) is 3.63. The van der Waals surface area contributed by atoms with Crippen molar-refractivity contribution in [1.29, 1.82) is 0 Å². The number of amides is 1. The molecule has 0 radical (unpaired) electrons. The van der Waals surface area contributed by atoms with Crippen LogP contribution in [0.4, 0.5) is 5.82 Å². The standard InChI is InChI=1S/C21H26N6OS/c1-15(18-7-4-12-29-18)23-20(28)14-27-10-8-26(9-11-27)13-19-24-17-6-3-2-5-16(17)21(22)25-19/h2-7,12,15H,8-11,13-14H2,1H3,(H,23,28)(H2,22,24,25). The normalized spacial score (nSPS) is 16.7. The van der Waals surface area contributed by atoms with E-state index in [1.807, 2.05) is 42.6 Å². The zero-order valence-electron chi connectivity index (χ0n) is 16.5. The Morgan fingerprint density at radius 3 is 2.66 bits per heavy atom. The number of nitrogens with one attached hydrogen (secondary N) is 1. The summed E-state index contributed by atoms with van der Waals surface area (Å²) >= 11 is 1.67. The summed E-state index contributed by atoms with van der Waals surface area (Å²) in [6, 6.07) is 11.9. The Balaban J connectivity index is 1.27. The first-order valence-electron chi connectivity index (χ1n) is 9.87. The van der Waals surface area contributed by atoms with Gasteiger partial charge in [-0.05, 0) is 30.5 Å². The molecule has 0 aliphatic carbocycles. The highest BCUT2D eigenvalue weighted by Gasteiger charge is 2.21. The maximum Gasteiger partial charge on any atom is 0.234 e. The smallest absolute Gasteiger partial charge is 0.234 e. The van der Waals surface area contributed by atoms with Gasteiger partial charge in [-0.2, -0.15) is 0 Å². The fraction of sp³-hybridized carbons (Fsp3) is 0.381. The first kappa shape index (κ1) is 19.8. The van der Waals surface area contributed by atoms with Gasteiger partial charge < -0.3 is 11.1 Å². The number of hydrogen-bond donors (Lipinski definition) is 2. The number of nitrogen functional groups attached to an aromatic ring is 1. The molecule has 1 aliphatic rings. The van der Waals surface area contributed by atoms with Gasteiger partial charge in [0.15, 0.2) is 0 Å². The molecule has 1 fully saturated rings. The van der Waals surface area contributed by atoms with Crippen molar-refractivity contribution < 1.29 is 4.79 Å². The van der Waals surface area contributed by atoms with Crippen LogP contribution < -0.4 is 11.1 Å². The number of thiophene rings is 1. The molecule has 0 saturated carbocycles. The lowest BCUT2D eigenvalue weighted by Gasteiger charge is -2.34. The van der Waals surface area contributed by atoms with E-state index in [-0.39, 0.29) is 11.9 Å². The molecular weight excluding hydrogens is 384 g/mol. The van der Waals surface area contributed by atoms with Crippen molar-refractivity contribution in [2.75, 3.05) is 38.5 Å². The lowest BCUT2D eigenvalue weighted by atomic mass is 10.2. The van der Waals surface area contributed by atoms with Crippen molar-refractivity contribution in [2.45, 2.75) is 19.5 Å². The Morgan fingerprint density at radius 1 is 1.14 bits per heavy atom. The molecule has 3 N–H and O–H groups in total. The Kier molecular flexibility index (Phi) is 6.03. The summed E-state index contributed by atoms with van der Waals surface area (Å²) in [5, 5.41) is 6.01. The van der Waals surface area contributed by atoms with Crippen LogP contribution in [0.3, 0.4) is 0 Å². The SMILES string of the molecule is CC(NC(=O)CN1CCN(Cc2nc(N)c3ccccc3n2)CC1)c1cccs1. The van der Waals surface area contributed by atoms with E-state index < -0.39 is 0 Å². The van der Waals surface area contributed by atoms with Crippen molar-refractivity contribution >= 4 is 34.0 Å². The molecule has 1 aliphatic heterocycles. The number of anilines is 1. The number of nitrogens with zero attached hydrogens (tertiary/aromatic N) is 4. The van der Waals surface area contributed by atoms with Crippen LogP contribution in [0.15, 0.2) is 41.8 Å². The van der Waals surface area contributed by atoms with Crippen molar-refractivity contribution in [1.82, 2.24) is 25.1 Å². The molecular formula is C21H26N6OS. The van der Waals surface area contributed by atoms with Gasteiger partial charge in [0.1, 0.15) is 11.6 Å². The average molecular weight is 411 g/mol. The van der Waals surface area contributed by atoms with Crippen molar-refractivity contribution in [2.24, 2.45) is 0 Å². The van der Waals surface area contributed by atoms with E-state index in [1.54, 1.807) is 11.3 Å². The zero-order valence-corrected chi connectivity index (χ0v) is 17.4. The topological polar surface area (TPSA) is 87.4 Å². The molecule has 1 saturated heterocycles. The number of benzene rings is 1. The quantitative estimate of drug-likeness (QED) is 0.648. The van der Waals surface area contributed by atoms with Crippen LogP contribution in [0.25, 0.3) is 10.9 Å². The summed E-state index contributed by atoms with van der Waals surface area (Å²) in [5.74, 6) is 1.35. The summed E-state index contributed by atoms with van der Waals surface area (Å²) in [4.78, 5) is 27.2. The monoisotopic (exact) mass is 410 g/mol. The van der Waals surface area contributed by atoms with E-state index in [2.05, 4.69) is 31.2 Å². The van der Waals surface area contributed by atoms with Crippen LogP contribution in [0.1, 0.15) is 23.7 Å². The predicted molar refractivity (Wildman–Crippen MR) is 117 cm³/mol. The van der Waals surface area contributed by atoms with Gasteiger partial charge in [0.2, 0.25) is 5.91 Å². The number of rotatable bonds is 6. The Bertz CT molecular complexity index is 968. The van der Waals surface area contributed by atoms with Crippen LogP contribution in [-0.2, 0) is 11.3 Å². The van der Waals surface area contributed by atoms with Gasteiger partial charge in [-0.25, -0.2) is 9.97 Å². The second kappa shape index (κ2) is 8.86. The molecule has 152 valence electrons. The molecule has 1 amide bonds. The Labute approximate surface area is 174 Å². The largest absolute Gasteiger partial charge is 0.383 e. The number of aromatic nitrogens is 2. The van der Waals surface area contributed by atoms with Gasteiger partial charge in [0.25, 0.3) is 0 Å². The molecule has 3 heterocycles. The van der Waals surface area contributed by atoms with Gasteiger partial charge >= 0.3 is 0 Å². The minimum atomic E-state index is 0.0549. The molecule has 2 aromatic heterocycles. The summed E-state index contributed by atoms with van der Waals surface area (Å²) < 4.78 is 0. The van der Waals surface area contributed by atoms with Gasteiger partial charge in [-0.3, -0.25) is 14.6 Å². The van der Waals surface area contributed by atoms with E-state index in [1.165, 1.54) is 4.88 Å². The summed E-state index contributed by atoms with van der Waals surface area (Å²) in [6.07, 6.45) is 0. The third-order valence-electron chi connectivity index (χ3n) is 5.22. The maximum absolute atomic E-state index is 12.4. The number of carbonyl (C=O) groups is 1. The van der Waals surface area contributed by atoms with Crippen LogP contribution in [0, 0.1) is 0 Å². The van der Waals surface area contributed by atoms with Crippen LogP contribution in [0.2, 0.25) is 0 Å². The number of carbonyl (C=O) groups excluding carboxylic acids is 1. The van der Waals surface area contributed by atoms with Crippen LogP contribution in [0.5, 0.6) is 0 Å². The van der Waals surface area contributed by atoms with Crippen molar-refractivity contribution in [3.05, 3.63) is 52.5 Å². The molecule has 4 rings (SSSR count). The second-order valence-corrected chi connectivity index (χ2v) is 8.38. The predicted octanol–water partition coefficient (Wildman–Crippen LogP) is 2.27. The summed E-state index contributed by atoms with van der Waals surface area (Å²) in [5.41, 5.74) is 6.97. The first-order valence-corrected chi connectivity index (χ1v) is 10.7. The zero-order chi connectivity index (χ0) is 20.2. The molecule has 1 atom stereocenters. The number of para-hydroxylation sites is 1. The highest BCUT2D eigenvalue weighted by atomic mass is 32.1. The highest BCUT2D eigenvalue weighted by Crippen LogP contribution is 2.19. The maximum atomic E-state index is 12.4. The number of nitrogens with two attached hydrogens (primary N) is 1. The van der Waals surface area contributed by atoms with E-state index in [9.17, 15) is 4.79 Å². The van der Waals surface area contributed by atoms with Gasteiger partial charge in [-0.1, -0.05) is 18.2 Å². The van der Waals surface area contributed by atoms with Gasteiger partial charge in [0.05, 0.1) is 24.6 Å². The third-order valence-corrected chi connectivity index (χ3v) is 6.28. The first-order chi connectivity index (χ1) is 14.1. The molecule has 8 heteroatoms. The molecule has 0 spiro atoms. The Morgan fingerprint density at radius 2 is 1.90 bits per heavy atom. The third kappa shape index (κ3) is 4.90. The number of fused-ring (bicyclic) bond motifs is 1. The molecule has 3 aromatic rings. The lowest BCUT2D eigenvalue weighted by molar-refractivity contribution is -0.123. The summed E-state index contributed by atoms with van der Waals surface area (Å²) in [7, 11) is 0. The summed E-state index contributed by atoms with van der Waals surface area (Å²) in [6.45, 7) is 6.59. The lowest BCUT2D eigenvalue weighted by Crippen LogP contribution is -2.49. The molecule has 7 nitrogen and oxygen atoms in total. The average Bonchev–Trinajstić information content (AvgIpc) is 3.25. The van der Waals surface area contributed by atoms with E-state index in [0.717, 1.165) is 42.9 Å². The van der Waals surface area contributed by atoms with Crippen LogP contribution in [-0.4, -0.2) is 58.4 Å². The minimum absolute atomic E-state index is 0.0549.